The number of rotatable bonds is 8. The monoisotopic (exact) mass is 476 g/mol. The molecule has 1 amide bonds. The van der Waals surface area contributed by atoms with Crippen molar-refractivity contribution < 1.29 is 14.7 Å². The molecular formula is C27H44N2O3S. The zero-order chi connectivity index (χ0) is 24.4. The number of carboxylic acids is 1. The molecule has 3 rings (SSSR count). The Morgan fingerprint density at radius 1 is 1.12 bits per heavy atom. The summed E-state index contributed by atoms with van der Waals surface area (Å²) in [5.74, 6) is -0.102. The summed E-state index contributed by atoms with van der Waals surface area (Å²) >= 11 is 1.33. The van der Waals surface area contributed by atoms with Gasteiger partial charge in [0.25, 0.3) is 0 Å². The third-order valence-electron chi connectivity index (χ3n) is 6.82. The first-order chi connectivity index (χ1) is 16.0. The topological polar surface area (TPSA) is 69.6 Å². The van der Waals surface area contributed by atoms with Gasteiger partial charge in [-0.1, -0.05) is 47.1 Å². The highest BCUT2D eigenvalue weighted by molar-refractivity contribution is 7.15. The average Bonchev–Trinajstić information content (AvgIpc) is 3.27. The fourth-order valence-electron chi connectivity index (χ4n) is 4.87. The molecule has 1 aliphatic carbocycles. The van der Waals surface area contributed by atoms with E-state index in [4.69, 9.17) is 0 Å². The van der Waals surface area contributed by atoms with Crippen molar-refractivity contribution in [3.63, 3.8) is 0 Å². The smallest absolute Gasteiger partial charge is 0.348 e. The highest BCUT2D eigenvalue weighted by atomic mass is 32.1. The fourth-order valence-corrected chi connectivity index (χ4v) is 5.97. The minimum absolute atomic E-state index is 0.0114. The van der Waals surface area contributed by atoms with Crippen LogP contribution in [-0.2, 0) is 4.79 Å². The molecule has 0 bridgehead atoms. The van der Waals surface area contributed by atoms with Gasteiger partial charge in [-0.25, -0.2) is 4.79 Å². The number of amides is 1. The number of carbonyl (C=O) groups excluding carboxylic acids is 1. The second-order valence-electron chi connectivity index (χ2n) is 9.15. The lowest BCUT2D eigenvalue weighted by atomic mass is 9.82. The van der Waals surface area contributed by atoms with Crippen molar-refractivity contribution in [3.8, 4) is 0 Å². The summed E-state index contributed by atoms with van der Waals surface area (Å²) in [6.45, 7) is 12.3. The van der Waals surface area contributed by atoms with Gasteiger partial charge in [0.2, 0.25) is 5.91 Å². The average molecular weight is 477 g/mol. The zero-order valence-electron chi connectivity index (χ0n) is 21.3. The number of anilines is 1. The van der Waals surface area contributed by atoms with Crippen LogP contribution in [-0.4, -0.2) is 36.1 Å². The Labute approximate surface area is 204 Å². The molecule has 1 aliphatic heterocycles. The SMILES string of the molecule is CC.CCC/C=C(\CC)c1cc(N(C(=O)C2CCC(C)CC2)C2CCNCC2)c(C(=O)O)s1. The van der Waals surface area contributed by atoms with Gasteiger partial charge in [0.15, 0.2) is 0 Å². The maximum Gasteiger partial charge on any atom is 0.348 e. The van der Waals surface area contributed by atoms with E-state index >= 15 is 0 Å². The number of hydrogen-bond acceptors (Lipinski definition) is 4. The van der Waals surface area contributed by atoms with Gasteiger partial charge in [-0.3, -0.25) is 4.79 Å². The van der Waals surface area contributed by atoms with Gasteiger partial charge in [0.1, 0.15) is 4.88 Å². The van der Waals surface area contributed by atoms with Gasteiger partial charge in [-0.2, -0.15) is 0 Å². The van der Waals surface area contributed by atoms with Gasteiger partial charge >= 0.3 is 5.97 Å². The van der Waals surface area contributed by atoms with Crippen LogP contribution in [0, 0.1) is 11.8 Å². The molecule has 2 fully saturated rings. The van der Waals surface area contributed by atoms with E-state index in [1.54, 1.807) is 0 Å². The Kier molecular flexibility index (Phi) is 11.6. The summed E-state index contributed by atoms with van der Waals surface area (Å²) in [7, 11) is 0. The zero-order valence-corrected chi connectivity index (χ0v) is 22.1. The predicted octanol–water partition coefficient (Wildman–Crippen LogP) is 6.98. The second kappa shape index (κ2) is 13.9. The van der Waals surface area contributed by atoms with Crippen molar-refractivity contribution in [3.05, 3.63) is 21.9 Å². The van der Waals surface area contributed by atoms with Crippen molar-refractivity contribution in [2.45, 2.75) is 98.4 Å². The quantitative estimate of drug-likeness (QED) is 0.425. The molecule has 0 atom stereocenters. The van der Waals surface area contributed by atoms with E-state index in [2.05, 4.69) is 32.2 Å². The Bertz CT molecular complexity index is 787. The normalized spacial score (nSPS) is 21.8. The first-order valence-electron chi connectivity index (χ1n) is 13.1. The second-order valence-corrected chi connectivity index (χ2v) is 10.2. The lowest BCUT2D eigenvalue weighted by Gasteiger charge is -2.38. The molecule has 0 aromatic carbocycles. The maximum absolute atomic E-state index is 13.8. The van der Waals surface area contributed by atoms with Gasteiger partial charge in [-0.15, -0.1) is 11.3 Å². The van der Waals surface area contributed by atoms with Crippen molar-refractivity contribution in [1.82, 2.24) is 5.32 Å². The minimum Gasteiger partial charge on any atom is -0.477 e. The highest BCUT2D eigenvalue weighted by Crippen LogP contribution is 2.40. The summed E-state index contributed by atoms with van der Waals surface area (Å²) in [6.07, 6.45) is 10.9. The van der Waals surface area contributed by atoms with Gasteiger partial charge in [0.05, 0.1) is 5.69 Å². The largest absolute Gasteiger partial charge is 0.477 e. The van der Waals surface area contributed by atoms with Gasteiger partial charge in [0, 0.05) is 16.8 Å². The molecule has 5 nitrogen and oxygen atoms in total. The van der Waals surface area contributed by atoms with Crippen LogP contribution < -0.4 is 10.2 Å². The Morgan fingerprint density at radius 3 is 2.30 bits per heavy atom. The molecule has 0 radical (unpaired) electrons. The maximum atomic E-state index is 13.8. The number of allylic oxidation sites excluding steroid dienone is 2. The van der Waals surface area contributed by atoms with Crippen LogP contribution in [0.3, 0.4) is 0 Å². The summed E-state index contributed by atoms with van der Waals surface area (Å²) in [5, 5.41) is 13.4. The van der Waals surface area contributed by atoms with Crippen molar-refractivity contribution >= 4 is 34.5 Å². The molecule has 186 valence electrons. The number of aromatic carboxylic acids is 1. The van der Waals surface area contributed by atoms with E-state index in [9.17, 15) is 14.7 Å². The van der Waals surface area contributed by atoms with Gasteiger partial charge in [-0.05, 0) is 82.0 Å². The van der Waals surface area contributed by atoms with E-state index in [1.165, 1.54) is 16.9 Å². The predicted molar refractivity (Wildman–Crippen MR) is 140 cm³/mol. The van der Waals surface area contributed by atoms with Crippen LogP contribution in [0.5, 0.6) is 0 Å². The Hall–Kier alpha value is -1.66. The van der Waals surface area contributed by atoms with Gasteiger partial charge < -0.3 is 15.3 Å². The summed E-state index contributed by atoms with van der Waals surface area (Å²) < 4.78 is 0. The van der Waals surface area contributed by atoms with E-state index in [1.807, 2.05) is 24.8 Å². The Balaban J connectivity index is 0.00000187. The molecule has 1 saturated heterocycles. The van der Waals surface area contributed by atoms with Crippen molar-refractivity contribution in [1.29, 1.82) is 0 Å². The number of carbonyl (C=O) groups is 2. The summed E-state index contributed by atoms with van der Waals surface area (Å²) in [4.78, 5) is 29.2. The number of nitrogens with zero attached hydrogens (tertiary/aromatic N) is 1. The first-order valence-corrected chi connectivity index (χ1v) is 13.9. The lowest BCUT2D eigenvalue weighted by Crippen LogP contribution is -2.49. The lowest BCUT2D eigenvalue weighted by molar-refractivity contribution is -0.124. The molecule has 6 heteroatoms. The number of unbranched alkanes of at least 4 members (excludes halogenated alkanes) is 1. The Morgan fingerprint density at radius 2 is 1.76 bits per heavy atom. The van der Waals surface area contributed by atoms with Crippen LogP contribution in [0.4, 0.5) is 5.69 Å². The molecule has 2 aliphatic rings. The highest BCUT2D eigenvalue weighted by Gasteiger charge is 2.36. The van der Waals surface area contributed by atoms with E-state index < -0.39 is 5.97 Å². The standard InChI is InChI=1S/C25H38N2O3S.C2H6/c1-4-6-7-18(5-2)22-16-21(23(31-22)25(29)30)27(20-12-14-26-15-13-20)24(28)19-10-8-17(3)9-11-19;1-2/h7,16-17,19-20,26H,4-6,8-15H2,1-3H3,(H,29,30);1-2H3/b18-7+;. The van der Waals surface area contributed by atoms with E-state index in [0.717, 1.165) is 75.8 Å². The first kappa shape index (κ1) is 27.6. The third-order valence-corrected chi connectivity index (χ3v) is 8.01. The van der Waals surface area contributed by atoms with E-state index in [0.29, 0.717) is 16.5 Å². The fraction of sp³-hybridized carbons (Fsp3) is 0.704. The van der Waals surface area contributed by atoms with Crippen LogP contribution in [0.15, 0.2) is 12.1 Å². The van der Waals surface area contributed by atoms with Crippen LogP contribution in [0.1, 0.15) is 107 Å². The number of hydrogen-bond donors (Lipinski definition) is 2. The molecule has 1 saturated carbocycles. The van der Waals surface area contributed by atoms with Crippen molar-refractivity contribution in [2.75, 3.05) is 18.0 Å². The molecule has 0 spiro atoms. The minimum atomic E-state index is -0.929. The summed E-state index contributed by atoms with van der Waals surface area (Å²) in [5.41, 5.74) is 1.81. The van der Waals surface area contributed by atoms with Crippen molar-refractivity contribution in [2.24, 2.45) is 11.8 Å². The molecule has 1 aromatic rings. The molecule has 33 heavy (non-hydrogen) atoms. The molecule has 2 heterocycles. The third kappa shape index (κ3) is 7.16. The number of carboxylic acid groups (broad SMARTS) is 1. The summed E-state index contributed by atoms with van der Waals surface area (Å²) in [6, 6.07) is 2.06. The number of piperidine rings is 1. The number of nitrogens with one attached hydrogen (secondary N) is 1. The number of thiophene rings is 1. The van der Waals surface area contributed by atoms with Crippen LogP contribution >= 0.6 is 11.3 Å². The van der Waals surface area contributed by atoms with E-state index in [-0.39, 0.29) is 17.9 Å². The molecular weight excluding hydrogens is 432 g/mol. The van der Waals surface area contributed by atoms with Crippen LogP contribution in [0.25, 0.3) is 5.57 Å². The molecule has 0 unspecified atom stereocenters. The molecule has 2 N–H and O–H groups in total. The van der Waals surface area contributed by atoms with Crippen LogP contribution in [0.2, 0.25) is 0 Å². The molecule has 1 aromatic heterocycles.